The molecule has 0 saturated carbocycles. The van der Waals surface area contributed by atoms with Crippen molar-refractivity contribution in [3.05, 3.63) is 54.6 Å². The van der Waals surface area contributed by atoms with E-state index in [4.69, 9.17) is 5.10 Å². The molecule has 0 aliphatic carbocycles. The van der Waals surface area contributed by atoms with Crippen LogP contribution < -0.4 is 5.43 Å². The van der Waals surface area contributed by atoms with Crippen LogP contribution in [-0.2, 0) is 0 Å². The first-order chi connectivity index (χ1) is 11.2. The average molecular weight is 307 g/mol. The van der Waals surface area contributed by atoms with Gasteiger partial charge in [0.2, 0.25) is 0 Å². The summed E-state index contributed by atoms with van der Waals surface area (Å²) in [6, 6.07) is 10.3. The lowest BCUT2D eigenvalue weighted by Crippen LogP contribution is -2.16. The van der Waals surface area contributed by atoms with Crippen LogP contribution in [0, 0.1) is 5.82 Å². The third-order valence-corrected chi connectivity index (χ3v) is 3.84. The Bertz CT molecular complexity index is 868. The van der Waals surface area contributed by atoms with Crippen LogP contribution in [0.2, 0.25) is 0 Å². The first-order valence-electron chi connectivity index (χ1n) is 7.32. The van der Waals surface area contributed by atoms with Gasteiger partial charge >= 0.3 is 0 Å². The normalized spacial score (nSPS) is 16.0. The van der Waals surface area contributed by atoms with Gasteiger partial charge in [-0.3, -0.25) is 10.4 Å². The van der Waals surface area contributed by atoms with E-state index in [9.17, 15) is 4.39 Å². The first-order valence-corrected chi connectivity index (χ1v) is 7.32. The second kappa shape index (κ2) is 5.31. The lowest BCUT2D eigenvalue weighted by atomic mass is 10.0. The molecule has 4 rings (SSSR count). The Morgan fingerprint density at radius 1 is 1.04 bits per heavy atom. The molecule has 1 atom stereocenters. The molecule has 2 aromatic heterocycles. The lowest BCUT2D eigenvalue weighted by molar-refractivity contribution is 0.614. The summed E-state index contributed by atoms with van der Waals surface area (Å²) in [6.45, 7) is 2.02. The number of pyridine rings is 1. The van der Waals surface area contributed by atoms with Gasteiger partial charge in [0.25, 0.3) is 0 Å². The van der Waals surface area contributed by atoms with Crippen molar-refractivity contribution < 1.29 is 4.39 Å². The zero-order valence-electron chi connectivity index (χ0n) is 12.4. The Balaban J connectivity index is 1.97. The molecule has 0 saturated heterocycles. The monoisotopic (exact) mass is 307 g/mol. The summed E-state index contributed by atoms with van der Waals surface area (Å²) < 4.78 is 15.1. The zero-order chi connectivity index (χ0) is 15.8. The number of hydrogen-bond acceptors (Lipinski definition) is 4. The number of nitrogens with one attached hydrogen (secondary N) is 1. The fourth-order valence-electron chi connectivity index (χ4n) is 2.71. The predicted molar refractivity (Wildman–Crippen MR) is 87.7 cm³/mol. The number of benzene rings is 1. The van der Waals surface area contributed by atoms with Crippen LogP contribution in [0.5, 0.6) is 0 Å². The van der Waals surface area contributed by atoms with Crippen LogP contribution in [0.4, 0.5) is 10.2 Å². The minimum absolute atomic E-state index is 0.0426. The van der Waals surface area contributed by atoms with E-state index in [0.717, 1.165) is 28.2 Å². The van der Waals surface area contributed by atoms with Gasteiger partial charge in [-0.05, 0) is 48.9 Å². The molecular formula is C17H14FN5. The Morgan fingerprint density at radius 2 is 1.78 bits per heavy atom. The SMILES string of the molecule is CC1C=NNc2c(-c3ccncc3)c(-c3ccc(F)cc3)nn21. The third kappa shape index (κ3) is 2.28. The highest BCUT2D eigenvalue weighted by Gasteiger charge is 2.24. The summed E-state index contributed by atoms with van der Waals surface area (Å²) in [6.07, 6.45) is 5.28. The molecule has 5 nitrogen and oxygen atoms in total. The second-order valence-corrected chi connectivity index (χ2v) is 5.39. The van der Waals surface area contributed by atoms with Crippen molar-refractivity contribution in [3.8, 4) is 22.4 Å². The average Bonchev–Trinajstić information content (AvgIpc) is 2.97. The van der Waals surface area contributed by atoms with Gasteiger partial charge in [0.1, 0.15) is 11.5 Å². The van der Waals surface area contributed by atoms with Gasteiger partial charge in [-0.15, -0.1) is 0 Å². The maximum Gasteiger partial charge on any atom is 0.153 e. The Labute approximate surface area is 132 Å². The molecule has 0 amide bonds. The molecule has 1 N–H and O–H groups in total. The Hall–Kier alpha value is -3.02. The summed E-state index contributed by atoms with van der Waals surface area (Å²) in [7, 11) is 0. The van der Waals surface area contributed by atoms with Crippen molar-refractivity contribution in [1.29, 1.82) is 0 Å². The van der Waals surface area contributed by atoms with Crippen molar-refractivity contribution in [1.82, 2.24) is 14.8 Å². The molecule has 0 fully saturated rings. The Kier molecular flexibility index (Phi) is 3.15. The molecule has 23 heavy (non-hydrogen) atoms. The number of hydrogen-bond donors (Lipinski definition) is 1. The summed E-state index contributed by atoms with van der Waals surface area (Å²) in [4.78, 5) is 4.07. The quantitative estimate of drug-likeness (QED) is 0.785. The highest BCUT2D eigenvalue weighted by molar-refractivity contribution is 5.90. The van der Waals surface area contributed by atoms with E-state index in [-0.39, 0.29) is 11.9 Å². The van der Waals surface area contributed by atoms with E-state index in [1.165, 1.54) is 12.1 Å². The summed E-state index contributed by atoms with van der Waals surface area (Å²) in [5, 5.41) is 8.92. The van der Waals surface area contributed by atoms with Gasteiger partial charge in [-0.25, -0.2) is 9.07 Å². The zero-order valence-corrected chi connectivity index (χ0v) is 12.4. The van der Waals surface area contributed by atoms with Crippen LogP contribution in [0.1, 0.15) is 13.0 Å². The smallest absolute Gasteiger partial charge is 0.153 e. The van der Waals surface area contributed by atoms with E-state index in [1.807, 2.05) is 23.7 Å². The van der Waals surface area contributed by atoms with Crippen molar-refractivity contribution >= 4 is 12.0 Å². The standard InChI is InChI=1S/C17H14FN5/c1-11-10-20-21-17-15(12-6-8-19-9-7-12)16(22-23(11)17)13-2-4-14(18)5-3-13/h2-11,21H,1H3. The van der Waals surface area contributed by atoms with E-state index >= 15 is 0 Å². The summed E-state index contributed by atoms with van der Waals surface area (Å²) in [5.74, 6) is 0.559. The molecule has 1 aliphatic heterocycles. The van der Waals surface area contributed by atoms with Gasteiger partial charge in [0.05, 0.1) is 11.6 Å². The fraction of sp³-hybridized carbons (Fsp3) is 0.118. The largest absolute Gasteiger partial charge is 0.265 e. The number of anilines is 1. The first kappa shape index (κ1) is 13.6. The number of aromatic nitrogens is 3. The van der Waals surface area contributed by atoms with Gasteiger partial charge in [-0.1, -0.05) is 0 Å². The predicted octanol–water partition coefficient (Wildman–Crippen LogP) is 3.72. The molecule has 3 aromatic rings. The number of nitrogens with zero attached hydrogens (tertiary/aromatic N) is 4. The molecule has 1 unspecified atom stereocenters. The van der Waals surface area contributed by atoms with Crippen LogP contribution in [0.15, 0.2) is 53.9 Å². The number of hydrazone groups is 1. The van der Waals surface area contributed by atoms with E-state index < -0.39 is 0 Å². The molecule has 1 aliphatic rings. The number of halogens is 1. The molecule has 6 heteroatoms. The topological polar surface area (TPSA) is 55.1 Å². The van der Waals surface area contributed by atoms with Crippen molar-refractivity contribution in [3.63, 3.8) is 0 Å². The van der Waals surface area contributed by atoms with Crippen LogP contribution in [0.25, 0.3) is 22.4 Å². The minimum Gasteiger partial charge on any atom is -0.265 e. The van der Waals surface area contributed by atoms with E-state index in [2.05, 4.69) is 15.5 Å². The highest BCUT2D eigenvalue weighted by Crippen LogP contribution is 2.39. The van der Waals surface area contributed by atoms with Gasteiger partial charge in [0, 0.05) is 24.2 Å². The van der Waals surface area contributed by atoms with Gasteiger partial charge in [0.15, 0.2) is 5.82 Å². The molecule has 0 bridgehead atoms. The lowest BCUT2D eigenvalue weighted by Gasteiger charge is -2.16. The third-order valence-electron chi connectivity index (χ3n) is 3.84. The molecule has 1 aromatic carbocycles. The number of fused-ring (bicyclic) bond motifs is 1. The minimum atomic E-state index is -0.266. The van der Waals surface area contributed by atoms with E-state index in [0.29, 0.717) is 0 Å². The van der Waals surface area contributed by atoms with Crippen molar-refractivity contribution in [2.75, 3.05) is 5.43 Å². The molecule has 0 radical (unpaired) electrons. The van der Waals surface area contributed by atoms with Crippen LogP contribution in [-0.4, -0.2) is 21.0 Å². The van der Waals surface area contributed by atoms with Crippen molar-refractivity contribution in [2.45, 2.75) is 13.0 Å². The molecular weight excluding hydrogens is 293 g/mol. The van der Waals surface area contributed by atoms with Gasteiger partial charge in [-0.2, -0.15) is 10.2 Å². The highest BCUT2D eigenvalue weighted by atomic mass is 19.1. The molecule has 0 spiro atoms. The summed E-state index contributed by atoms with van der Waals surface area (Å²) in [5.41, 5.74) is 6.60. The molecule has 3 heterocycles. The van der Waals surface area contributed by atoms with Crippen LogP contribution in [0.3, 0.4) is 0 Å². The fourth-order valence-corrected chi connectivity index (χ4v) is 2.71. The van der Waals surface area contributed by atoms with Crippen LogP contribution >= 0.6 is 0 Å². The maximum absolute atomic E-state index is 13.2. The Morgan fingerprint density at radius 3 is 2.52 bits per heavy atom. The van der Waals surface area contributed by atoms with E-state index in [1.54, 1.807) is 30.7 Å². The van der Waals surface area contributed by atoms with Gasteiger partial charge < -0.3 is 0 Å². The van der Waals surface area contributed by atoms with Crippen molar-refractivity contribution in [2.24, 2.45) is 5.10 Å². The number of rotatable bonds is 2. The second-order valence-electron chi connectivity index (χ2n) is 5.39. The maximum atomic E-state index is 13.2. The summed E-state index contributed by atoms with van der Waals surface area (Å²) >= 11 is 0. The molecule has 114 valence electrons.